The third-order valence-corrected chi connectivity index (χ3v) is 4.65. The van der Waals surface area contributed by atoms with Crippen LogP contribution in [-0.4, -0.2) is 15.5 Å². The van der Waals surface area contributed by atoms with Crippen molar-refractivity contribution in [3.05, 3.63) is 80.2 Å². The normalized spacial score (nSPS) is 10.6. The third-order valence-electron chi connectivity index (χ3n) is 3.57. The predicted molar refractivity (Wildman–Crippen MR) is 95.8 cm³/mol. The van der Waals surface area contributed by atoms with Crippen molar-refractivity contribution in [2.75, 3.05) is 5.32 Å². The SMILES string of the molecule is Cc1nc(C)c(C(=O)Nc2cccn(Cc3ccccc3)c2=O)s1. The second-order valence-electron chi connectivity index (χ2n) is 5.44. The quantitative estimate of drug-likeness (QED) is 0.794. The van der Waals surface area contributed by atoms with Gasteiger partial charge < -0.3 is 9.88 Å². The number of thiazole rings is 1. The number of benzene rings is 1. The highest BCUT2D eigenvalue weighted by molar-refractivity contribution is 7.13. The Hall–Kier alpha value is -2.73. The van der Waals surface area contributed by atoms with Gasteiger partial charge >= 0.3 is 0 Å². The van der Waals surface area contributed by atoms with E-state index in [0.717, 1.165) is 10.6 Å². The van der Waals surface area contributed by atoms with Gasteiger partial charge in [-0.05, 0) is 31.5 Å². The fourth-order valence-electron chi connectivity index (χ4n) is 2.46. The fourth-order valence-corrected chi connectivity index (χ4v) is 3.27. The minimum atomic E-state index is -0.298. The Morgan fingerprint density at radius 1 is 1.17 bits per heavy atom. The minimum Gasteiger partial charge on any atom is -0.317 e. The second-order valence-corrected chi connectivity index (χ2v) is 6.65. The molecule has 2 heterocycles. The number of pyridine rings is 1. The molecular formula is C18H17N3O2S. The molecule has 1 N–H and O–H groups in total. The average Bonchev–Trinajstić information content (AvgIpc) is 2.91. The lowest BCUT2D eigenvalue weighted by Crippen LogP contribution is -2.25. The van der Waals surface area contributed by atoms with Crippen molar-refractivity contribution < 1.29 is 4.79 Å². The summed E-state index contributed by atoms with van der Waals surface area (Å²) in [5.74, 6) is -0.298. The summed E-state index contributed by atoms with van der Waals surface area (Å²) in [6.07, 6.45) is 1.72. The van der Waals surface area contributed by atoms with Crippen LogP contribution in [0.3, 0.4) is 0 Å². The van der Waals surface area contributed by atoms with Crippen LogP contribution in [0.5, 0.6) is 0 Å². The van der Waals surface area contributed by atoms with Crippen LogP contribution in [0.15, 0.2) is 53.5 Å². The number of anilines is 1. The van der Waals surface area contributed by atoms with Crippen molar-refractivity contribution in [1.29, 1.82) is 0 Å². The van der Waals surface area contributed by atoms with Crippen LogP contribution in [0.2, 0.25) is 0 Å². The van der Waals surface area contributed by atoms with Gasteiger partial charge in [-0.2, -0.15) is 0 Å². The highest BCUT2D eigenvalue weighted by atomic mass is 32.1. The Morgan fingerprint density at radius 3 is 2.58 bits per heavy atom. The van der Waals surface area contributed by atoms with Crippen molar-refractivity contribution in [2.45, 2.75) is 20.4 Å². The van der Waals surface area contributed by atoms with Gasteiger partial charge in [0.05, 0.1) is 17.2 Å². The Bertz CT molecular complexity index is 929. The molecular weight excluding hydrogens is 322 g/mol. The van der Waals surface area contributed by atoms with Crippen molar-refractivity contribution in [3.63, 3.8) is 0 Å². The molecule has 2 aromatic heterocycles. The lowest BCUT2D eigenvalue weighted by molar-refractivity contribution is 0.102. The maximum Gasteiger partial charge on any atom is 0.274 e. The van der Waals surface area contributed by atoms with Crippen LogP contribution >= 0.6 is 11.3 Å². The van der Waals surface area contributed by atoms with Gasteiger partial charge in [0.15, 0.2) is 0 Å². The van der Waals surface area contributed by atoms with E-state index in [4.69, 9.17) is 0 Å². The van der Waals surface area contributed by atoms with Crippen LogP contribution in [0.4, 0.5) is 5.69 Å². The summed E-state index contributed by atoms with van der Waals surface area (Å²) in [6.45, 7) is 4.10. The maximum absolute atomic E-state index is 12.6. The molecule has 1 amide bonds. The van der Waals surface area contributed by atoms with Crippen molar-refractivity contribution in [2.24, 2.45) is 0 Å². The molecule has 0 saturated heterocycles. The van der Waals surface area contributed by atoms with Crippen molar-refractivity contribution >= 4 is 22.9 Å². The molecule has 0 radical (unpaired) electrons. The number of carbonyl (C=O) groups excluding carboxylic acids is 1. The summed E-state index contributed by atoms with van der Waals surface area (Å²) < 4.78 is 1.58. The van der Waals surface area contributed by atoms with Crippen LogP contribution in [-0.2, 0) is 6.54 Å². The summed E-state index contributed by atoms with van der Waals surface area (Å²) in [6, 6.07) is 13.1. The number of amides is 1. The van der Waals surface area contributed by atoms with E-state index in [9.17, 15) is 9.59 Å². The number of carbonyl (C=O) groups is 1. The smallest absolute Gasteiger partial charge is 0.274 e. The second kappa shape index (κ2) is 6.80. The maximum atomic E-state index is 12.6. The zero-order chi connectivity index (χ0) is 17.1. The number of rotatable bonds is 4. The van der Waals surface area contributed by atoms with Crippen LogP contribution < -0.4 is 10.9 Å². The number of aromatic nitrogens is 2. The Labute approximate surface area is 143 Å². The van der Waals surface area contributed by atoms with E-state index in [0.29, 0.717) is 17.1 Å². The van der Waals surface area contributed by atoms with Gasteiger partial charge in [0, 0.05) is 6.20 Å². The van der Waals surface area contributed by atoms with Gasteiger partial charge in [0.2, 0.25) is 0 Å². The first-order chi connectivity index (χ1) is 11.5. The molecule has 3 rings (SSSR count). The molecule has 0 spiro atoms. The highest BCUT2D eigenvalue weighted by Crippen LogP contribution is 2.18. The van der Waals surface area contributed by atoms with Gasteiger partial charge in [-0.15, -0.1) is 11.3 Å². The number of hydrogen-bond acceptors (Lipinski definition) is 4. The zero-order valence-corrected chi connectivity index (χ0v) is 14.3. The topological polar surface area (TPSA) is 64.0 Å². The summed E-state index contributed by atoms with van der Waals surface area (Å²) in [7, 11) is 0. The lowest BCUT2D eigenvalue weighted by atomic mass is 10.2. The first kappa shape index (κ1) is 16.1. The summed E-state index contributed by atoms with van der Waals surface area (Å²) >= 11 is 1.32. The molecule has 0 saturated carbocycles. The van der Waals surface area contributed by atoms with Crippen LogP contribution in [0, 0.1) is 13.8 Å². The monoisotopic (exact) mass is 339 g/mol. The summed E-state index contributed by atoms with van der Waals surface area (Å²) in [4.78, 5) is 29.7. The third kappa shape index (κ3) is 3.44. The van der Waals surface area contributed by atoms with E-state index in [1.54, 1.807) is 29.8 Å². The molecule has 6 heteroatoms. The van der Waals surface area contributed by atoms with E-state index in [-0.39, 0.29) is 17.2 Å². The van der Waals surface area contributed by atoms with Crippen LogP contribution in [0.25, 0.3) is 0 Å². The van der Waals surface area contributed by atoms with Gasteiger partial charge in [-0.3, -0.25) is 9.59 Å². The van der Waals surface area contributed by atoms with Crippen LogP contribution in [0.1, 0.15) is 25.9 Å². The van der Waals surface area contributed by atoms with E-state index in [1.165, 1.54) is 11.3 Å². The fraction of sp³-hybridized carbons (Fsp3) is 0.167. The zero-order valence-electron chi connectivity index (χ0n) is 13.4. The molecule has 0 aliphatic rings. The van der Waals surface area contributed by atoms with Crippen molar-refractivity contribution in [1.82, 2.24) is 9.55 Å². The molecule has 24 heavy (non-hydrogen) atoms. The Morgan fingerprint density at radius 2 is 1.92 bits per heavy atom. The van der Waals surface area contributed by atoms with Gasteiger partial charge in [0.25, 0.3) is 11.5 Å². The molecule has 5 nitrogen and oxygen atoms in total. The highest BCUT2D eigenvalue weighted by Gasteiger charge is 2.15. The predicted octanol–water partition coefficient (Wildman–Crippen LogP) is 3.22. The number of nitrogens with zero attached hydrogens (tertiary/aromatic N) is 2. The largest absolute Gasteiger partial charge is 0.317 e. The molecule has 1 aromatic carbocycles. The van der Waals surface area contributed by atoms with E-state index in [1.807, 2.05) is 37.3 Å². The molecule has 122 valence electrons. The average molecular weight is 339 g/mol. The Balaban J connectivity index is 1.84. The lowest BCUT2D eigenvalue weighted by Gasteiger charge is -2.09. The molecule has 0 bridgehead atoms. The minimum absolute atomic E-state index is 0.228. The number of aryl methyl sites for hydroxylation is 2. The molecule has 0 atom stereocenters. The first-order valence-corrected chi connectivity index (χ1v) is 8.35. The number of hydrogen-bond donors (Lipinski definition) is 1. The van der Waals surface area contributed by atoms with Gasteiger partial charge in [-0.25, -0.2) is 4.98 Å². The molecule has 0 aliphatic heterocycles. The van der Waals surface area contributed by atoms with Crippen molar-refractivity contribution in [3.8, 4) is 0 Å². The standard InChI is InChI=1S/C18H17N3O2S/c1-12-16(24-13(2)19-12)17(22)20-15-9-6-10-21(18(15)23)11-14-7-4-3-5-8-14/h3-10H,11H2,1-2H3,(H,20,22). The molecule has 0 unspecified atom stereocenters. The van der Waals surface area contributed by atoms with E-state index >= 15 is 0 Å². The molecule has 0 fully saturated rings. The van der Waals surface area contributed by atoms with E-state index in [2.05, 4.69) is 10.3 Å². The van der Waals surface area contributed by atoms with Gasteiger partial charge in [0.1, 0.15) is 10.6 Å². The molecule has 3 aromatic rings. The number of nitrogens with one attached hydrogen (secondary N) is 1. The summed E-state index contributed by atoms with van der Waals surface area (Å²) in [5.41, 5.74) is 1.74. The molecule has 0 aliphatic carbocycles. The first-order valence-electron chi connectivity index (χ1n) is 7.53. The van der Waals surface area contributed by atoms with E-state index < -0.39 is 0 Å². The Kier molecular flexibility index (Phi) is 4.57. The van der Waals surface area contributed by atoms with Gasteiger partial charge in [-0.1, -0.05) is 30.3 Å². The summed E-state index contributed by atoms with van der Waals surface area (Å²) in [5, 5.41) is 3.53.